The molecule has 0 bridgehead atoms. The molecular formula is C16H32N2O2. The van der Waals surface area contributed by atoms with Gasteiger partial charge in [-0.3, -0.25) is 4.79 Å². The van der Waals surface area contributed by atoms with E-state index in [0.717, 1.165) is 18.9 Å². The maximum absolute atomic E-state index is 11.4. The van der Waals surface area contributed by atoms with Crippen LogP contribution in [0, 0.1) is 5.92 Å². The van der Waals surface area contributed by atoms with Gasteiger partial charge in [-0.15, -0.1) is 0 Å². The van der Waals surface area contributed by atoms with Gasteiger partial charge in [-0.05, 0) is 58.7 Å². The lowest BCUT2D eigenvalue weighted by Crippen LogP contribution is -2.50. The normalized spacial score (nSPS) is 20.0. The van der Waals surface area contributed by atoms with Crippen molar-refractivity contribution in [2.24, 2.45) is 5.92 Å². The third-order valence-corrected chi connectivity index (χ3v) is 4.93. The molecule has 4 nitrogen and oxygen atoms in total. The first-order valence-electron chi connectivity index (χ1n) is 8.15. The number of hydrogen-bond acceptors (Lipinski definition) is 3. The average Bonchev–Trinajstić information content (AvgIpc) is 2.44. The van der Waals surface area contributed by atoms with Gasteiger partial charge in [-0.1, -0.05) is 26.2 Å². The Bertz CT molecular complexity index is 284. The Kier molecular flexibility index (Phi) is 7.52. The highest BCUT2D eigenvalue weighted by Crippen LogP contribution is 2.24. The minimum absolute atomic E-state index is 0.630. The molecule has 0 aromatic rings. The van der Waals surface area contributed by atoms with Gasteiger partial charge >= 0.3 is 5.97 Å². The van der Waals surface area contributed by atoms with Crippen LogP contribution in [0.1, 0.15) is 58.3 Å². The fourth-order valence-electron chi connectivity index (χ4n) is 3.40. The molecule has 0 spiro atoms. The topological polar surface area (TPSA) is 52.6 Å². The minimum Gasteiger partial charge on any atom is -0.480 e. The second kappa shape index (κ2) is 8.63. The Morgan fingerprint density at radius 2 is 2.00 bits per heavy atom. The average molecular weight is 284 g/mol. The Morgan fingerprint density at radius 3 is 2.50 bits per heavy atom. The molecule has 0 heterocycles. The standard InChI is InChI=1S/C16H32N2O2/c1-4-16(17-2,15(19)20)11-8-12-18(3)13-14-9-6-5-7-10-14/h14,17H,4-13H2,1-3H3,(H,19,20). The molecule has 1 atom stereocenters. The molecule has 0 aliphatic heterocycles. The van der Waals surface area contributed by atoms with E-state index in [2.05, 4.69) is 17.3 Å². The second-order valence-corrected chi connectivity index (χ2v) is 6.36. The number of aliphatic carboxylic acids is 1. The highest BCUT2D eigenvalue weighted by Gasteiger charge is 2.34. The van der Waals surface area contributed by atoms with Crippen LogP contribution >= 0.6 is 0 Å². The van der Waals surface area contributed by atoms with Crippen LogP contribution in [0.4, 0.5) is 0 Å². The van der Waals surface area contributed by atoms with E-state index in [0.29, 0.717) is 12.8 Å². The number of carbonyl (C=O) groups is 1. The first kappa shape index (κ1) is 17.4. The summed E-state index contributed by atoms with van der Waals surface area (Å²) in [5.41, 5.74) is -0.744. The monoisotopic (exact) mass is 284 g/mol. The molecule has 0 amide bonds. The van der Waals surface area contributed by atoms with Gasteiger partial charge in [-0.2, -0.15) is 0 Å². The molecule has 118 valence electrons. The lowest BCUT2D eigenvalue weighted by molar-refractivity contribution is -0.145. The summed E-state index contributed by atoms with van der Waals surface area (Å²) in [6, 6.07) is 0. The Morgan fingerprint density at radius 1 is 1.35 bits per heavy atom. The van der Waals surface area contributed by atoms with Gasteiger partial charge in [0, 0.05) is 6.54 Å². The van der Waals surface area contributed by atoms with Gasteiger partial charge in [0.25, 0.3) is 0 Å². The van der Waals surface area contributed by atoms with Gasteiger partial charge in [0.2, 0.25) is 0 Å². The summed E-state index contributed by atoms with van der Waals surface area (Å²) >= 11 is 0. The summed E-state index contributed by atoms with van der Waals surface area (Å²) in [7, 11) is 3.92. The lowest BCUT2D eigenvalue weighted by atomic mass is 9.88. The van der Waals surface area contributed by atoms with Gasteiger partial charge in [-0.25, -0.2) is 0 Å². The van der Waals surface area contributed by atoms with E-state index in [-0.39, 0.29) is 0 Å². The first-order chi connectivity index (χ1) is 9.54. The van der Waals surface area contributed by atoms with Crippen LogP contribution in [-0.2, 0) is 4.79 Å². The zero-order valence-electron chi connectivity index (χ0n) is 13.5. The molecule has 4 heteroatoms. The van der Waals surface area contributed by atoms with E-state index in [1.54, 1.807) is 7.05 Å². The maximum Gasteiger partial charge on any atom is 0.323 e. The van der Waals surface area contributed by atoms with Crippen molar-refractivity contribution in [1.82, 2.24) is 10.2 Å². The summed E-state index contributed by atoms with van der Waals surface area (Å²) in [5, 5.41) is 12.4. The second-order valence-electron chi connectivity index (χ2n) is 6.36. The van der Waals surface area contributed by atoms with E-state index in [1.165, 1.54) is 38.6 Å². The summed E-state index contributed by atoms with van der Waals surface area (Å²) < 4.78 is 0. The molecule has 0 radical (unpaired) electrons. The Hall–Kier alpha value is -0.610. The highest BCUT2D eigenvalue weighted by molar-refractivity contribution is 5.78. The Labute approximate surface area is 123 Å². The van der Waals surface area contributed by atoms with Crippen molar-refractivity contribution in [1.29, 1.82) is 0 Å². The van der Waals surface area contributed by atoms with Crippen molar-refractivity contribution >= 4 is 5.97 Å². The van der Waals surface area contributed by atoms with E-state index in [4.69, 9.17) is 0 Å². The fourth-order valence-corrected chi connectivity index (χ4v) is 3.40. The number of carboxylic acid groups (broad SMARTS) is 1. The number of nitrogens with one attached hydrogen (secondary N) is 1. The Balaban J connectivity index is 2.29. The summed E-state index contributed by atoms with van der Waals surface area (Å²) in [6.45, 7) is 4.11. The smallest absolute Gasteiger partial charge is 0.323 e. The zero-order valence-corrected chi connectivity index (χ0v) is 13.5. The van der Waals surface area contributed by atoms with Crippen LogP contribution in [0.5, 0.6) is 0 Å². The number of carboxylic acids is 1. The van der Waals surface area contributed by atoms with Crippen molar-refractivity contribution in [3.05, 3.63) is 0 Å². The molecule has 0 aromatic heterocycles. The van der Waals surface area contributed by atoms with Crippen LogP contribution in [0.15, 0.2) is 0 Å². The third-order valence-electron chi connectivity index (χ3n) is 4.93. The zero-order chi connectivity index (χ0) is 15.0. The first-order valence-corrected chi connectivity index (χ1v) is 8.15. The minimum atomic E-state index is -0.744. The van der Waals surface area contributed by atoms with Gasteiger partial charge in [0.1, 0.15) is 5.54 Å². The van der Waals surface area contributed by atoms with Crippen LogP contribution < -0.4 is 5.32 Å². The number of likely N-dealkylation sites (N-methyl/N-ethyl adjacent to an activating group) is 1. The van der Waals surface area contributed by atoms with Gasteiger partial charge < -0.3 is 15.3 Å². The van der Waals surface area contributed by atoms with E-state index < -0.39 is 11.5 Å². The largest absolute Gasteiger partial charge is 0.480 e. The molecule has 1 saturated carbocycles. The summed E-state index contributed by atoms with van der Waals surface area (Å²) in [6.07, 6.45) is 9.18. The highest BCUT2D eigenvalue weighted by atomic mass is 16.4. The van der Waals surface area contributed by atoms with Gasteiger partial charge in [0.05, 0.1) is 0 Å². The molecular weight excluding hydrogens is 252 g/mol. The van der Waals surface area contributed by atoms with Crippen LogP contribution in [-0.4, -0.2) is 48.7 Å². The SMILES string of the molecule is CCC(CCCN(C)CC1CCCCC1)(NC)C(=O)O. The number of hydrogen-bond donors (Lipinski definition) is 2. The maximum atomic E-state index is 11.4. The van der Waals surface area contributed by atoms with E-state index in [1.807, 2.05) is 6.92 Å². The predicted molar refractivity (Wildman–Crippen MR) is 83.0 cm³/mol. The quantitative estimate of drug-likeness (QED) is 0.683. The van der Waals surface area contributed by atoms with E-state index in [9.17, 15) is 9.90 Å². The lowest BCUT2D eigenvalue weighted by Gasteiger charge is -2.30. The van der Waals surface area contributed by atoms with Crippen LogP contribution in [0.2, 0.25) is 0 Å². The van der Waals surface area contributed by atoms with Crippen molar-refractivity contribution in [2.45, 2.75) is 63.8 Å². The summed E-state index contributed by atoms with van der Waals surface area (Å²) in [5.74, 6) is 0.130. The van der Waals surface area contributed by atoms with Crippen LogP contribution in [0.3, 0.4) is 0 Å². The van der Waals surface area contributed by atoms with Crippen molar-refractivity contribution < 1.29 is 9.90 Å². The predicted octanol–water partition coefficient (Wildman–Crippen LogP) is 2.73. The molecule has 1 unspecified atom stereocenters. The van der Waals surface area contributed by atoms with Crippen molar-refractivity contribution in [3.8, 4) is 0 Å². The molecule has 1 aliphatic rings. The third kappa shape index (κ3) is 5.06. The molecule has 0 aromatic carbocycles. The molecule has 2 N–H and O–H groups in total. The van der Waals surface area contributed by atoms with Crippen molar-refractivity contribution in [2.75, 3.05) is 27.2 Å². The molecule has 1 rings (SSSR count). The van der Waals surface area contributed by atoms with E-state index >= 15 is 0 Å². The number of rotatable bonds is 9. The molecule has 0 saturated heterocycles. The van der Waals surface area contributed by atoms with Crippen LogP contribution in [0.25, 0.3) is 0 Å². The van der Waals surface area contributed by atoms with Crippen molar-refractivity contribution in [3.63, 3.8) is 0 Å². The fraction of sp³-hybridized carbons (Fsp3) is 0.938. The molecule has 20 heavy (non-hydrogen) atoms. The molecule has 1 aliphatic carbocycles. The summed E-state index contributed by atoms with van der Waals surface area (Å²) in [4.78, 5) is 13.8. The van der Waals surface area contributed by atoms with Gasteiger partial charge in [0.15, 0.2) is 0 Å². The number of nitrogens with zero attached hydrogens (tertiary/aromatic N) is 1. The molecule has 1 fully saturated rings.